The molecule has 0 unspecified atom stereocenters. The summed E-state index contributed by atoms with van der Waals surface area (Å²) in [4.78, 5) is 49.9. The fourth-order valence-corrected chi connectivity index (χ4v) is 4.96. The van der Waals surface area contributed by atoms with E-state index < -0.39 is 10.9 Å². The Morgan fingerprint density at radius 1 is 1.05 bits per heavy atom. The zero-order valence-corrected chi connectivity index (χ0v) is 22.4. The van der Waals surface area contributed by atoms with Gasteiger partial charge in [-0.2, -0.15) is 0 Å². The molecule has 0 bridgehead atoms. The van der Waals surface area contributed by atoms with Crippen molar-refractivity contribution in [3.63, 3.8) is 0 Å². The number of piperidine rings is 1. The van der Waals surface area contributed by atoms with E-state index in [9.17, 15) is 24.5 Å². The van der Waals surface area contributed by atoms with Crippen molar-refractivity contribution in [3.05, 3.63) is 104 Å². The number of esters is 1. The molecule has 1 aliphatic heterocycles. The smallest absolute Gasteiger partial charge is 0.337 e. The van der Waals surface area contributed by atoms with Crippen molar-refractivity contribution in [1.82, 2.24) is 4.90 Å². The van der Waals surface area contributed by atoms with E-state index in [1.165, 1.54) is 19.2 Å². The topological polar surface area (TPSA) is 119 Å². The van der Waals surface area contributed by atoms with Crippen LogP contribution in [0.15, 0.2) is 60.7 Å². The third-order valence-electron chi connectivity index (χ3n) is 6.97. The normalized spacial score (nSPS) is 13.6. The number of nitro benzene ring substituents is 1. The van der Waals surface area contributed by atoms with E-state index in [1.807, 2.05) is 24.3 Å². The van der Waals surface area contributed by atoms with E-state index in [2.05, 4.69) is 5.32 Å². The first kappa shape index (κ1) is 27.8. The molecule has 9 nitrogen and oxygen atoms in total. The lowest BCUT2D eigenvalue weighted by Crippen LogP contribution is -2.38. The maximum absolute atomic E-state index is 12.8. The number of carbonyl (C=O) groups excluding carboxylic acids is 3. The van der Waals surface area contributed by atoms with Crippen LogP contribution in [0.2, 0.25) is 5.02 Å². The lowest BCUT2D eigenvalue weighted by atomic mass is 9.89. The number of amides is 2. The number of nitrogens with zero attached hydrogens (tertiary/aromatic N) is 2. The van der Waals surface area contributed by atoms with E-state index in [-0.39, 0.29) is 34.9 Å². The molecular weight excluding hydrogens is 522 g/mol. The van der Waals surface area contributed by atoms with Gasteiger partial charge < -0.3 is 15.0 Å². The first-order valence-electron chi connectivity index (χ1n) is 12.5. The van der Waals surface area contributed by atoms with Crippen molar-refractivity contribution in [3.8, 4) is 0 Å². The Balaban J connectivity index is 1.32. The van der Waals surface area contributed by atoms with Crippen LogP contribution >= 0.6 is 11.6 Å². The van der Waals surface area contributed by atoms with E-state index in [1.54, 1.807) is 36.1 Å². The maximum Gasteiger partial charge on any atom is 0.337 e. The fraction of sp³-hybridized carbons (Fsp3) is 0.276. The fourth-order valence-electron chi connectivity index (χ4n) is 4.79. The van der Waals surface area contributed by atoms with Crippen molar-refractivity contribution < 1.29 is 24.0 Å². The molecule has 1 N–H and O–H groups in total. The first-order chi connectivity index (χ1) is 18.7. The van der Waals surface area contributed by atoms with Crippen molar-refractivity contribution in [2.75, 3.05) is 25.5 Å². The highest BCUT2D eigenvalue weighted by atomic mass is 35.5. The minimum atomic E-state index is -0.519. The zero-order chi connectivity index (χ0) is 28.1. The minimum absolute atomic E-state index is 0.0442. The Kier molecular flexibility index (Phi) is 8.61. The third-order valence-corrected chi connectivity index (χ3v) is 7.20. The number of ether oxygens (including phenoxy) is 1. The van der Waals surface area contributed by atoms with Crippen molar-refractivity contribution in [1.29, 1.82) is 0 Å². The molecule has 202 valence electrons. The SMILES string of the molecule is COC(=O)c1ccc(C(=O)Nc2ccc(C3CCN(C(=O)Cc4ccc(Cl)cc4[N+](=O)[O-])CC3)cc2)c(C)c1. The number of methoxy groups -OCH3 is 1. The molecule has 0 atom stereocenters. The van der Waals surface area contributed by atoms with Gasteiger partial charge in [-0.15, -0.1) is 0 Å². The largest absolute Gasteiger partial charge is 0.465 e. The molecule has 3 aromatic carbocycles. The molecule has 1 heterocycles. The van der Waals surface area contributed by atoms with Crippen LogP contribution < -0.4 is 5.32 Å². The molecule has 0 saturated carbocycles. The zero-order valence-electron chi connectivity index (χ0n) is 21.6. The number of hydrogen-bond donors (Lipinski definition) is 1. The number of halogens is 1. The Morgan fingerprint density at radius 2 is 1.74 bits per heavy atom. The van der Waals surface area contributed by atoms with Gasteiger partial charge >= 0.3 is 5.97 Å². The highest BCUT2D eigenvalue weighted by Gasteiger charge is 2.26. The molecule has 3 aromatic rings. The molecule has 39 heavy (non-hydrogen) atoms. The van der Waals surface area contributed by atoms with E-state index in [0.29, 0.717) is 41.0 Å². The Morgan fingerprint density at radius 3 is 2.36 bits per heavy atom. The molecule has 0 aromatic heterocycles. The lowest BCUT2D eigenvalue weighted by molar-refractivity contribution is -0.385. The summed E-state index contributed by atoms with van der Waals surface area (Å²) in [6, 6.07) is 16.8. The van der Waals surface area contributed by atoms with Crippen molar-refractivity contribution >= 4 is 40.8 Å². The minimum Gasteiger partial charge on any atom is -0.465 e. The van der Waals surface area contributed by atoms with Gasteiger partial charge in [0.15, 0.2) is 0 Å². The predicted octanol–water partition coefficient (Wildman–Crippen LogP) is 5.54. The summed E-state index contributed by atoms with van der Waals surface area (Å²) in [6.07, 6.45) is 1.50. The van der Waals surface area contributed by atoms with Gasteiger partial charge in [0.05, 0.1) is 24.0 Å². The van der Waals surface area contributed by atoms with Crippen LogP contribution in [-0.4, -0.2) is 47.8 Å². The number of nitrogens with one attached hydrogen (secondary N) is 1. The van der Waals surface area contributed by atoms with Crippen molar-refractivity contribution in [2.24, 2.45) is 0 Å². The van der Waals surface area contributed by atoms with E-state index in [4.69, 9.17) is 16.3 Å². The number of hydrogen-bond acceptors (Lipinski definition) is 6. The molecule has 0 radical (unpaired) electrons. The average molecular weight is 550 g/mol. The quantitative estimate of drug-likeness (QED) is 0.235. The van der Waals surface area contributed by atoms with Crippen LogP contribution in [-0.2, 0) is 16.0 Å². The summed E-state index contributed by atoms with van der Waals surface area (Å²) in [7, 11) is 1.31. The summed E-state index contributed by atoms with van der Waals surface area (Å²) in [6.45, 7) is 2.88. The van der Waals surface area contributed by atoms with Crippen LogP contribution in [0, 0.1) is 17.0 Å². The van der Waals surface area contributed by atoms with Crippen LogP contribution in [0.4, 0.5) is 11.4 Å². The monoisotopic (exact) mass is 549 g/mol. The van der Waals surface area contributed by atoms with E-state index in [0.717, 1.165) is 18.4 Å². The summed E-state index contributed by atoms with van der Waals surface area (Å²) in [5, 5.41) is 14.5. The highest BCUT2D eigenvalue weighted by molar-refractivity contribution is 6.30. The van der Waals surface area contributed by atoms with Gasteiger partial charge in [-0.05, 0) is 73.2 Å². The van der Waals surface area contributed by atoms with Crippen LogP contribution in [0.5, 0.6) is 0 Å². The van der Waals surface area contributed by atoms with Crippen LogP contribution in [0.3, 0.4) is 0 Å². The summed E-state index contributed by atoms with van der Waals surface area (Å²) >= 11 is 5.87. The molecule has 1 aliphatic rings. The summed E-state index contributed by atoms with van der Waals surface area (Å²) < 4.78 is 4.72. The van der Waals surface area contributed by atoms with Gasteiger partial charge in [-0.3, -0.25) is 19.7 Å². The Hall–Kier alpha value is -4.24. The molecule has 4 rings (SSSR count). The number of nitro groups is 1. The first-order valence-corrected chi connectivity index (χ1v) is 12.8. The van der Waals surface area contributed by atoms with Crippen LogP contribution in [0.1, 0.15) is 56.2 Å². The number of carbonyl (C=O) groups is 3. The highest BCUT2D eigenvalue weighted by Crippen LogP contribution is 2.30. The molecule has 0 aliphatic carbocycles. The molecule has 2 amide bonds. The van der Waals surface area contributed by atoms with Crippen LogP contribution in [0.25, 0.3) is 0 Å². The predicted molar refractivity (Wildman–Crippen MR) is 147 cm³/mol. The molecule has 10 heteroatoms. The second-order valence-corrected chi connectivity index (χ2v) is 9.90. The second kappa shape index (κ2) is 12.1. The van der Waals surface area contributed by atoms with Gasteiger partial charge in [0.1, 0.15) is 0 Å². The van der Waals surface area contributed by atoms with Gasteiger partial charge in [-0.1, -0.05) is 29.8 Å². The number of aryl methyl sites for hydroxylation is 1. The lowest BCUT2D eigenvalue weighted by Gasteiger charge is -2.32. The standard InChI is InChI=1S/C29H28ClN3O6/c1-18-15-22(29(36)39-2)6-10-25(18)28(35)31-24-8-4-19(5-9-24)20-11-13-32(14-12-20)27(34)16-21-3-7-23(30)17-26(21)33(37)38/h3-10,15,17,20H,11-14,16H2,1-2H3,(H,31,35). The number of anilines is 1. The summed E-state index contributed by atoms with van der Waals surface area (Å²) in [5.74, 6) is -0.616. The number of rotatable bonds is 7. The molecule has 1 fully saturated rings. The van der Waals surface area contributed by atoms with Gasteiger partial charge in [0, 0.05) is 41.0 Å². The number of benzene rings is 3. The maximum atomic E-state index is 12.8. The van der Waals surface area contributed by atoms with Gasteiger partial charge in [-0.25, -0.2) is 4.79 Å². The third kappa shape index (κ3) is 6.61. The summed E-state index contributed by atoms with van der Waals surface area (Å²) in [5.41, 5.74) is 3.49. The average Bonchev–Trinajstić information content (AvgIpc) is 2.93. The second-order valence-electron chi connectivity index (χ2n) is 9.46. The Bertz CT molecular complexity index is 1420. The number of likely N-dealkylation sites (tertiary alicyclic amines) is 1. The molecule has 1 saturated heterocycles. The Labute approximate surface area is 230 Å². The molecular formula is C29H28ClN3O6. The molecule has 0 spiro atoms. The van der Waals surface area contributed by atoms with E-state index >= 15 is 0 Å². The van der Waals surface area contributed by atoms with Gasteiger partial charge in [0.25, 0.3) is 11.6 Å². The van der Waals surface area contributed by atoms with Gasteiger partial charge in [0.2, 0.25) is 5.91 Å². The van der Waals surface area contributed by atoms with Crippen molar-refractivity contribution in [2.45, 2.75) is 32.1 Å².